The lowest BCUT2D eigenvalue weighted by atomic mass is 10.1. The maximum absolute atomic E-state index is 14.1. The number of esters is 1. The van der Waals surface area contributed by atoms with E-state index in [4.69, 9.17) is 10.5 Å². The van der Waals surface area contributed by atoms with Crippen LogP contribution in [0.5, 0.6) is 0 Å². The van der Waals surface area contributed by atoms with Crippen LogP contribution in [0.2, 0.25) is 0 Å². The molecule has 2 N–H and O–H groups in total. The number of rotatable bonds is 3. The minimum Gasteiger partial charge on any atom is -0.465 e. The molecule has 1 aliphatic rings. The third-order valence-electron chi connectivity index (χ3n) is 3.54. The monoisotopic (exact) mass is 277 g/mol. The van der Waals surface area contributed by atoms with E-state index in [0.29, 0.717) is 16.9 Å². The molecular formula is C14H16FN3O2. The van der Waals surface area contributed by atoms with E-state index in [2.05, 4.69) is 4.98 Å². The Labute approximate surface area is 115 Å². The highest BCUT2D eigenvalue weighted by atomic mass is 19.1. The fraction of sp³-hybridized carbons (Fsp3) is 0.429. The molecule has 1 atom stereocenters. The van der Waals surface area contributed by atoms with Crippen LogP contribution in [0.4, 0.5) is 4.39 Å². The van der Waals surface area contributed by atoms with E-state index in [0.717, 1.165) is 12.8 Å². The maximum Gasteiger partial charge on any atom is 0.343 e. The SMILES string of the molecule is COC(=O)c1c(F)ccc2nc(C(C)N)n(C3CC3)c12. The standard InChI is InChI=1S/C14H16FN3O2/c1-7(16)13-17-10-6-5-9(15)11(14(19)20-2)12(10)18(13)8-3-4-8/h5-8H,3-4,16H2,1-2H3. The third kappa shape index (κ3) is 1.87. The van der Waals surface area contributed by atoms with Crippen molar-refractivity contribution in [2.45, 2.75) is 31.8 Å². The van der Waals surface area contributed by atoms with E-state index in [-0.39, 0.29) is 17.6 Å². The maximum atomic E-state index is 14.1. The molecule has 0 radical (unpaired) electrons. The number of ether oxygens (including phenoxy) is 1. The fourth-order valence-corrected chi connectivity index (χ4v) is 2.50. The summed E-state index contributed by atoms with van der Waals surface area (Å²) >= 11 is 0. The predicted molar refractivity (Wildman–Crippen MR) is 71.9 cm³/mol. The van der Waals surface area contributed by atoms with Gasteiger partial charge in [-0.05, 0) is 31.9 Å². The summed E-state index contributed by atoms with van der Waals surface area (Å²) in [5.74, 6) is -0.605. The number of carbonyl (C=O) groups excluding carboxylic acids is 1. The Morgan fingerprint density at radius 1 is 1.55 bits per heavy atom. The molecule has 20 heavy (non-hydrogen) atoms. The summed E-state index contributed by atoms with van der Waals surface area (Å²) in [6.07, 6.45) is 1.98. The summed E-state index contributed by atoms with van der Waals surface area (Å²) in [5, 5.41) is 0. The number of hydrogen-bond acceptors (Lipinski definition) is 4. The molecule has 5 nitrogen and oxygen atoms in total. The zero-order valence-corrected chi connectivity index (χ0v) is 11.4. The Morgan fingerprint density at radius 3 is 2.80 bits per heavy atom. The van der Waals surface area contributed by atoms with Gasteiger partial charge in [-0.15, -0.1) is 0 Å². The molecule has 1 aliphatic carbocycles. The Balaban J connectivity index is 2.37. The molecule has 0 aliphatic heterocycles. The molecule has 1 fully saturated rings. The second kappa shape index (κ2) is 4.56. The number of benzene rings is 1. The first-order valence-corrected chi connectivity index (χ1v) is 6.58. The summed E-state index contributed by atoms with van der Waals surface area (Å²) in [4.78, 5) is 16.3. The number of fused-ring (bicyclic) bond motifs is 1. The summed E-state index contributed by atoms with van der Waals surface area (Å²) in [7, 11) is 1.24. The van der Waals surface area contributed by atoms with Gasteiger partial charge in [0, 0.05) is 6.04 Å². The van der Waals surface area contributed by atoms with Gasteiger partial charge in [0.1, 0.15) is 17.2 Å². The van der Waals surface area contributed by atoms with E-state index >= 15 is 0 Å². The van der Waals surface area contributed by atoms with Crippen molar-refractivity contribution in [1.29, 1.82) is 0 Å². The first kappa shape index (κ1) is 13.1. The highest BCUT2D eigenvalue weighted by Crippen LogP contribution is 2.41. The molecule has 1 saturated carbocycles. The van der Waals surface area contributed by atoms with Gasteiger partial charge in [0.05, 0.1) is 24.2 Å². The normalized spacial score (nSPS) is 16.4. The van der Waals surface area contributed by atoms with Crippen LogP contribution in [0.3, 0.4) is 0 Å². The summed E-state index contributed by atoms with van der Waals surface area (Å²) in [5.41, 5.74) is 6.96. The highest BCUT2D eigenvalue weighted by molar-refractivity contribution is 6.02. The first-order chi connectivity index (χ1) is 9.54. The molecule has 0 amide bonds. The van der Waals surface area contributed by atoms with Crippen molar-refractivity contribution in [2.24, 2.45) is 5.73 Å². The smallest absolute Gasteiger partial charge is 0.343 e. The fourth-order valence-electron chi connectivity index (χ4n) is 2.50. The van der Waals surface area contributed by atoms with Gasteiger partial charge in [-0.3, -0.25) is 0 Å². The van der Waals surface area contributed by atoms with Crippen LogP contribution in [-0.4, -0.2) is 22.6 Å². The molecule has 1 aromatic carbocycles. The van der Waals surface area contributed by atoms with Gasteiger partial charge in [0.15, 0.2) is 0 Å². The van der Waals surface area contributed by atoms with Crippen molar-refractivity contribution >= 4 is 17.0 Å². The molecule has 3 rings (SSSR count). The number of imidazole rings is 1. The van der Waals surface area contributed by atoms with Gasteiger partial charge >= 0.3 is 5.97 Å². The molecule has 1 aromatic heterocycles. The summed E-state index contributed by atoms with van der Waals surface area (Å²) in [6, 6.07) is 2.77. The number of aromatic nitrogens is 2. The van der Waals surface area contributed by atoms with Crippen molar-refractivity contribution in [1.82, 2.24) is 9.55 Å². The van der Waals surface area contributed by atoms with E-state index in [9.17, 15) is 9.18 Å². The summed E-state index contributed by atoms with van der Waals surface area (Å²) in [6.45, 7) is 1.83. The van der Waals surface area contributed by atoms with E-state index in [1.54, 1.807) is 6.07 Å². The summed E-state index contributed by atoms with van der Waals surface area (Å²) < 4.78 is 20.7. The average Bonchev–Trinajstić information content (AvgIpc) is 3.18. The highest BCUT2D eigenvalue weighted by Gasteiger charge is 2.32. The lowest BCUT2D eigenvalue weighted by molar-refractivity contribution is 0.0597. The molecule has 2 aromatic rings. The molecule has 1 unspecified atom stereocenters. The lowest BCUT2D eigenvalue weighted by Crippen LogP contribution is -2.14. The minimum absolute atomic E-state index is 0.0590. The van der Waals surface area contributed by atoms with Crippen molar-refractivity contribution in [3.05, 3.63) is 29.3 Å². The topological polar surface area (TPSA) is 70.1 Å². The van der Waals surface area contributed by atoms with Crippen molar-refractivity contribution in [3.8, 4) is 0 Å². The molecule has 0 spiro atoms. The molecule has 1 heterocycles. The van der Waals surface area contributed by atoms with Gasteiger partial charge in [-0.2, -0.15) is 0 Å². The zero-order valence-electron chi connectivity index (χ0n) is 11.4. The molecule has 0 saturated heterocycles. The molecular weight excluding hydrogens is 261 g/mol. The van der Waals surface area contributed by atoms with Crippen LogP contribution in [0.15, 0.2) is 12.1 Å². The zero-order chi connectivity index (χ0) is 14.4. The first-order valence-electron chi connectivity index (χ1n) is 6.58. The Hall–Kier alpha value is -1.95. The number of methoxy groups -OCH3 is 1. The van der Waals surface area contributed by atoms with Crippen LogP contribution in [0, 0.1) is 5.82 Å². The number of carbonyl (C=O) groups is 1. The second-order valence-corrected chi connectivity index (χ2v) is 5.14. The number of halogens is 1. The van der Waals surface area contributed by atoms with Crippen LogP contribution < -0.4 is 5.73 Å². The quantitative estimate of drug-likeness (QED) is 0.874. The van der Waals surface area contributed by atoms with Crippen LogP contribution >= 0.6 is 0 Å². The molecule has 0 bridgehead atoms. The van der Waals surface area contributed by atoms with E-state index < -0.39 is 11.8 Å². The van der Waals surface area contributed by atoms with E-state index in [1.165, 1.54) is 13.2 Å². The van der Waals surface area contributed by atoms with Crippen molar-refractivity contribution < 1.29 is 13.9 Å². The Kier molecular flexibility index (Phi) is 2.97. The lowest BCUT2D eigenvalue weighted by Gasteiger charge is -2.12. The minimum atomic E-state index is -0.689. The molecule has 106 valence electrons. The van der Waals surface area contributed by atoms with Crippen molar-refractivity contribution in [3.63, 3.8) is 0 Å². The average molecular weight is 277 g/mol. The largest absolute Gasteiger partial charge is 0.465 e. The van der Waals surface area contributed by atoms with Gasteiger partial charge in [-0.1, -0.05) is 0 Å². The number of nitrogens with zero attached hydrogens (tertiary/aromatic N) is 2. The van der Waals surface area contributed by atoms with Gasteiger partial charge in [-0.25, -0.2) is 14.2 Å². The number of nitrogens with two attached hydrogens (primary N) is 1. The number of hydrogen-bond donors (Lipinski definition) is 1. The Bertz CT molecular complexity index is 689. The van der Waals surface area contributed by atoms with Crippen LogP contribution in [0.25, 0.3) is 11.0 Å². The van der Waals surface area contributed by atoms with Gasteiger partial charge in [0.2, 0.25) is 0 Å². The Morgan fingerprint density at radius 2 is 2.25 bits per heavy atom. The van der Waals surface area contributed by atoms with Crippen LogP contribution in [0.1, 0.15) is 48.0 Å². The predicted octanol–water partition coefficient (Wildman–Crippen LogP) is 2.32. The molecule has 6 heteroatoms. The van der Waals surface area contributed by atoms with Gasteiger partial charge in [0.25, 0.3) is 0 Å². The van der Waals surface area contributed by atoms with E-state index in [1.807, 2.05) is 11.5 Å². The van der Waals surface area contributed by atoms with Crippen molar-refractivity contribution in [2.75, 3.05) is 7.11 Å². The van der Waals surface area contributed by atoms with Gasteiger partial charge < -0.3 is 15.0 Å². The van der Waals surface area contributed by atoms with Crippen LogP contribution in [-0.2, 0) is 4.74 Å². The second-order valence-electron chi connectivity index (χ2n) is 5.14. The third-order valence-corrected chi connectivity index (χ3v) is 3.54.